The number of aromatic amines is 1. The number of benzene rings is 2. The van der Waals surface area contributed by atoms with Crippen molar-refractivity contribution in [2.24, 2.45) is 10.9 Å². The molecule has 3 unspecified atom stereocenters. The van der Waals surface area contributed by atoms with Crippen LogP contribution in [0.2, 0.25) is 0 Å². The SMILES string of the molecule is Cc1cc(F)c2[nH]cc(C3N=C(NC4CCCCC4CCC#N)c4cc(C#N)ccc4N3)c2c1. The summed E-state index contributed by atoms with van der Waals surface area (Å²) in [6.07, 6.45) is 7.28. The molecule has 2 heterocycles. The predicted octanol–water partition coefficient (Wildman–Crippen LogP) is 5.81. The van der Waals surface area contributed by atoms with Crippen molar-refractivity contribution in [1.82, 2.24) is 10.3 Å². The van der Waals surface area contributed by atoms with Gasteiger partial charge in [-0.2, -0.15) is 10.5 Å². The van der Waals surface area contributed by atoms with E-state index in [9.17, 15) is 9.65 Å². The molecule has 0 saturated heterocycles. The third kappa shape index (κ3) is 4.10. The Labute approximate surface area is 198 Å². The molecule has 6 nitrogen and oxygen atoms in total. The molecule has 0 spiro atoms. The summed E-state index contributed by atoms with van der Waals surface area (Å²) in [5.74, 6) is 0.880. The first-order valence-electron chi connectivity index (χ1n) is 11.9. The average molecular weight is 455 g/mol. The number of H-pyrrole nitrogens is 1. The molecule has 2 aliphatic rings. The van der Waals surface area contributed by atoms with E-state index >= 15 is 0 Å². The van der Waals surface area contributed by atoms with E-state index in [-0.39, 0.29) is 11.9 Å². The van der Waals surface area contributed by atoms with Gasteiger partial charge in [-0.25, -0.2) is 9.38 Å². The minimum Gasteiger partial charge on any atom is -0.367 e. The second kappa shape index (κ2) is 9.19. The van der Waals surface area contributed by atoms with Crippen molar-refractivity contribution >= 4 is 22.4 Å². The Morgan fingerprint density at radius 3 is 2.85 bits per heavy atom. The normalized spacial score (nSPS) is 21.6. The molecule has 3 N–H and O–H groups in total. The molecule has 3 aromatic rings. The highest BCUT2D eigenvalue weighted by atomic mass is 19.1. The fourth-order valence-electron chi connectivity index (χ4n) is 5.32. The number of aliphatic imine (C=N–C) groups is 1. The first-order valence-corrected chi connectivity index (χ1v) is 11.9. The molecule has 0 radical (unpaired) electrons. The van der Waals surface area contributed by atoms with Gasteiger partial charge in [0.1, 0.15) is 17.8 Å². The Morgan fingerprint density at radius 2 is 2.03 bits per heavy atom. The maximum absolute atomic E-state index is 14.5. The number of amidine groups is 1. The van der Waals surface area contributed by atoms with E-state index in [1.807, 2.05) is 31.3 Å². The summed E-state index contributed by atoms with van der Waals surface area (Å²) in [4.78, 5) is 8.11. The highest BCUT2D eigenvalue weighted by Crippen LogP contribution is 2.36. The summed E-state index contributed by atoms with van der Waals surface area (Å²) < 4.78 is 14.5. The Bertz CT molecular complexity index is 1340. The molecule has 0 amide bonds. The van der Waals surface area contributed by atoms with E-state index in [1.54, 1.807) is 6.07 Å². The highest BCUT2D eigenvalue weighted by Gasteiger charge is 2.30. The summed E-state index contributed by atoms with van der Waals surface area (Å²) in [5, 5.41) is 26.5. The summed E-state index contributed by atoms with van der Waals surface area (Å²) in [6.45, 7) is 1.88. The van der Waals surface area contributed by atoms with Crippen LogP contribution < -0.4 is 10.6 Å². The third-order valence-electron chi connectivity index (χ3n) is 7.02. The molecule has 1 aliphatic carbocycles. The van der Waals surface area contributed by atoms with E-state index < -0.39 is 6.17 Å². The fourth-order valence-corrected chi connectivity index (χ4v) is 5.32. The number of hydrogen-bond donors (Lipinski definition) is 3. The standard InChI is InChI=1S/C27H27FN6/c1-16-11-19-21(15-31-25(19)22(28)12-16)27-33-24-9-8-17(14-30)13-20(24)26(34-27)32-23-7-3-2-5-18(23)6-4-10-29/h8-9,11-13,15,18,23,27,31,33H,2-7H2,1H3,(H,32,34). The molecule has 5 rings (SSSR count). The number of fused-ring (bicyclic) bond motifs is 2. The monoisotopic (exact) mass is 454 g/mol. The van der Waals surface area contributed by atoms with Crippen LogP contribution in [-0.2, 0) is 0 Å². The van der Waals surface area contributed by atoms with Crippen LogP contribution in [0.4, 0.5) is 10.1 Å². The Morgan fingerprint density at radius 1 is 1.18 bits per heavy atom. The van der Waals surface area contributed by atoms with Gasteiger partial charge in [-0.1, -0.05) is 12.8 Å². The van der Waals surface area contributed by atoms with Crippen molar-refractivity contribution < 1.29 is 4.39 Å². The van der Waals surface area contributed by atoms with Gasteiger partial charge < -0.3 is 15.6 Å². The van der Waals surface area contributed by atoms with Crippen molar-refractivity contribution in [3.8, 4) is 12.1 Å². The van der Waals surface area contributed by atoms with Crippen LogP contribution in [0, 0.1) is 41.3 Å². The third-order valence-corrected chi connectivity index (χ3v) is 7.02. The van der Waals surface area contributed by atoms with Crippen LogP contribution in [-0.4, -0.2) is 16.9 Å². The number of rotatable bonds is 4. The minimum atomic E-state index is -0.404. The first kappa shape index (κ1) is 22.0. The number of hydrogen-bond acceptors (Lipinski definition) is 5. The maximum atomic E-state index is 14.5. The molecule has 3 atom stereocenters. The van der Waals surface area contributed by atoms with Gasteiger partial charge in [-0.3, -0.25) is 0 Å². The molecule has 0 bridgehead atoms. The van der Waals surface area contributed by atoms with Gasteiger partial charge in [0.15, 0.2) is 0 Å². The Hall–Kier alpha value is -3.84. The van der Waals surface area contributed by atoms with Crippen LogP contribution in [0.15, 0.2) is 41.5 Å². The lowest BCUT2D eigenvalue weighted by molar-refractivity contribution is 0.274. The van der Waals surface area contributed by atoms with E-state index in [4.69, 9.17) is 10.3 Å². The van der Waals surface area contributed by atoms with Gasteiger partial charge in [-0.05, 0) is 68.0 Å². The van der Waals surface area contributed by atoms with Gasteiger partial charge in [0.25, 0.3) is 0 Å². The second-order valence-electron chi connectivity index (χ2n) is 9.30. The Kier molecular flexibility index (Phi) is 5.94. The number of anilines is 1. The lowest BCUT2D eigenvalue weighted by Gasteiger charge is -2.35. The number of nitrogens with zero attached hydrogens (tertiary/aromatic N) is 3. The van der Waals surface area contributed by atoms with Crippen molar-refractivity contribution in [2.75, 3.05) is 5.32 Å². The van der Waals surface area contributed by atoms with E-state index in [0.717, 1.165) is 59.3 Å². The summed E-state index contributed by atoms with van der Waals surface area (Å²) in [7, 11) is 0. The number of nitrogens with one attached hydrogen (secondary N) is 3. The second-order valence-corrected chi connectivity index (χ2v) is 9.30. The lowest BCUT2D eigenvalue weighted by Crippen LogP contribution is -2.44. The number of aromatic nitrogens is 1. The van der Waals surface area contributed by atoms with Crippen LogP contribution in [0.3, 0.4) is 0 Å². The maximum Gasteiger partial charge on any atom is 0.149 e. The molecule has 34 heavy (non-hydrogen) atoms. The van der Waals surface area contributed by atoms with Gasteiger partial charge in [0.05, 0.1) is 23.2 Å². The molecule has 1 saturated carbocycles. The highest BCUT2D eigenvalue weighted by molar-refractivity contribution is 6.05. The minimum absolute atomic E-state index is 0.223. The fraction of sp³-hybridized carbons (Fsp3) is 0.370. The van der Waals surface area contributed by atoms with E-state index in [2.05, 4.69) is 27.8 Å². The smallest absolute Gasteiger partial charge is 0.149 e. The predicted molar refractivity (Wildman–Crippen MR) is 131 cm³/mol. The zero-order valence-electron chi connectivity index (χ0n) is 19.2. The van der Waals surface area contributed by atoms with Crippen molar-refractivity contribution in [3.05, 3.63) is 64.6 Å². The molecule has 1 fully saturated rings. The molecule has 1 aromatic heterocycles. The van der Waals surface area contributed by atoms with Crippen molar-refractivity contribution in [3.63, 3.8) is 0 Å². The van der Waals surface area contributed by atoms with Gasteiger partial charge in [0.2, 0.25) is 0 Å². The van der Waals surface area contributed by atoms with Crippen LogP contribution in [0.5, 0.6) is 0 Å². The first-order chi connectivity index (χ1) is 16.6. The number of halogens is 1. The van der Waals surface area contributed by atoms with E-state index in [0.29, 0.717) is 23.4 Å². The van der Waals surface area contributed by atoms with E-state index in [1.165, 1.54) is 12.5 Å². The Balaban J connectivity index is 1.55. The van der Waals surface area contributed by atoms with Crippen LogP contribution in [0.25, 0.3) is 10.9 Å². The summed E-state index contributed by atoms with van der Waals surface area (Å²) in [6, 6.07) is 13.8. The quantitative estimate of drug-likeness (QED) is 0.463. The van der Waals surface area contributed by atoms with Gasteiger partial charge in [-0.15, -0.1) is 0 Å². The van der Waals surface area contributed by atoms with Crippen molar-refractivity contribution in [1.29, 1.82) is 10.5 Å². The molecule has 7 heteroatoms. The zero-order chi connectivity index (χ0) is 23.7. The molecule has 172 valence electrons. The van der Waals surface area contributed by atoms with Crippen molar-refractivity contribution in [2.45, 2.75) is 57.7 Å². The lowest BCUT2D eigenvalue weighted by atomic mass is 9.81. The average Bonchev–Trinajstić information content (AvgIpc) is 3.27. The molecule has 1 aliphatic heterocycles. The number of nitriles is 2. The summed E-state index contributed by atoms with van der Waals surface area (Å²) in [5.41, 5.74) is 4.52. The number of aryl methyl sites for hydroxylation is 1. The largest absolute Gasteiger partial charge is 0.367 e. The topological polar surface area (TPSA) is 99.8 Å². The molecular weight excluding hydrogens is 427 g/mol. The molecule has 2 aromatic carbocycles. The summed E-state index contributed by atoms with van der Waals surface area (Å²) >= 11 is 0. The molecular formula is C27H27FN6. The van der Waals surface area contributed by atoms with Gasteiger partial charge >= 0.3 is 0 Å². The van der Waals surface area contributed by atoms with Crippen LogP contribution >= 0.6 is 0 Å². The van der Waals surface area contributed by atoms with Gasteiger partial charge in [0, 0.05) is 40.9 Å². The van der Waals surface area contributed by atoms with Crippen LogP contribution in [0.1, 0.15) is 66.9 Å². The zero-order valence-corrected chi connectivity index (χ0v) is 19.2.